The van der Waals surface area contributed by atoms with E-state index in [4.69, 9.17) is 21.1 Å². The number of aliphatic imine (C=N–C) groups is 1. The highest BCUT2D eigenvalue weighted by atomic mass is 35.5. The van der Waals surface area contributed by atoms with Gasteiger partial charge in [-0.2, -0.15) is 0 Å². The van der Waals surface area contributed by atoms with Crippen LogP contribution < -0.4 is 10.1 Å². The number of anilines is 1. The molecule has 1 aliphatic carbocycles. The van der Waals surface area contributed by atoms with Crippen molar-refractivity contribution in [3.8, 4) is 5.75 Å². The molecule has 0 atom stereocenters. The summed E-state index contributed by atoms with van der Waals surface area (Å²) in [5, 5.41) is 4.16. The van der Waals surface area contributed by atoms with Crippen LogP contribution in [-0.2, 0) is 22.4 Å². The van der Waals surface area contributed by atoms with Gasteiger partial charge in [0.25, 0.3) is 5.91 Å². The van der Waals surface area contributed by atoms with Crippen LogP contribution in [0, 0.1) is 0 Å². The molecule has 34 heavy (non-hydrogen) atoms. The summed E-state index contributed by atoms with van der Waals surface area (Å²) in [6, 6.07) is 14.5. The second kappa shape index (κ2) is 11.3. The van der Waals surface area contributed by atoms with Crippen LogP contribution in [0.4, 0.5) is 10.7 Å². The second-order valence-electron chi connectivity index (χ2n) is 7.75. The van der Waals surface area contributed by atoms with Crippen LogP contribution in [0.2, 0.25) is 5.02 Å². The smallest absolute Gasteiger partial charge is 0.344 e. The number of hydrogen-bond acceptors (Lipinski definition) is 6. The topological polar surface area (TPSA) is 77.0 Å². The lowest BCUT2D eigenvalue weighted by molar-refractivity contribution is -0.145. The first-order chi connectivity index (χ1) is 16.5. The Morgan fingerprint density at radius 1 is 1.15 bits per heavy atom. The highest BCUT2D eigenvalue weighted by molar-refractivity contribution is 7.16. The maximum Gasteiger partial charge on any atom is 0.344 e. The third-order valence-corrected chi connectivity index (χ3v) is 6.79. The molecule has 6 nitrogen and oxygen atoms in total. The normalized spacial score (nSPS) is 12.9. The fourth-order valence-corrected chi connectivity index (χ4v) is 5.22. The number of nitrogens with one attached hydrogen (secondary N) is 1. The number of halogens is 1. The highest BCUT2D eigenvalue weighted by Gasteiger charge is 2.25. The molecule has 0 spiro atoms. The Bertz CT molecular complexity index is 1210. The van der Waals surface area contributed by atoms with E-state index in [9.17, 15) is 9.59 Å². The van der Waals surface area contributed by atoms with E-state index < -0.39 is 5.97 Å². The summed E-state index contributed by atoms with van der Waals surface area (Å²) >= 11 is 7.74. The van der Waals surface area contributed by atoms with Gasteiger partial charge in [0.15, 0.2) is 6.61 Å². The Morgan fingerprint density at radius 2 is 1.94 bits per heavy atom. The monoisotopic (exact) mass is 496 g/mol. The summed E-state index contributed by atoms with van der Waals surface area (Å²) < 4.78 is 10.6. The molecule has 176 valence electrons. The van der Waals surface area contributed by atoms with Crippen LogP contribution in [0.15, 0.2) is 53.5 Å². The van der Waals surface area contributed by atoms with E-state index in [1.165, 1.54) is 4.88 Å². The molecule has 0 saturated carbocycles. The van der Waals surface area contributed by atoms with E-state index in [0.29, 0.717) is 26.9 Å². The van der Waals surface area contributed by atoms with Crippen molar-refractivity contribution < 1.29 is 19.1 Å². The van der Waals surface area contributed by atoms with Crippen molar-refractivity contribution in [2.75, 3.05) is 18.5 Å². The molecular formula is C26H25ClN2O4S. The van der Waals surface area contributed by atoms with Crippen molar-refractivity contribution in [1.82, 2.24) is 0 Å². The van der Waals surface area contributed by atoms with E-state index in [1.54, 1.807) is 42.7 Å². The SMILES string of the molecule is CCOC(=O)COc1ccc(Cl)cc1C=Nc1sc2c(c1C(=O)Nc1ccccc1)CCCC2. The zero-order valence-electron chi connectivity index (χ0n) is 18.8. The third-order valence-electron chi connectivity index (χ3n) is 5.36. The lowest BCUT2D eigenvalue weighted by Crippen LogP contribution is -2.15. The van der Waals surface area contributed by atoms with E-state index in [-0.39, 0.29) is 19.1 Å². The molecule has 1 aliphatic rings. The first-order valence-corrected chi connectivity index (χ1v) is 12.4. The quantitative estimate of drug-likeness (QED) is 0.296. The van der Waals surface area contributed by atoms with Gasteiger partial charge in [-0.3, -0.25) is 4.79 Å². The van der Waals surface area contributed by atoms with Crippen LogP contribution in [-0.4, -0.2) is 31.3 Å². The molecule has 0 bridgehead atoms. The first kappa shape index (κ1) is 24.0. The summed E-state index contributed by atoms with van der Waals surface area (Å²) in [6.07, 6.45) is 5.61. The van der Waals surface area contributed by atoms with Crippen LogP contribution in [0.25, 0.3) is 0 Å². The number of carbonyl (C=O) groups excluding carboxylic acids is 2. The number of benzene rings is 2. The summed E-state index contributed by atoms with van der Waals surface area (Å²) in [7, 11) is 0. The summed E-state index contributed by atoms with van der Waals surface area (Å²) in [5.74, 6) is -0.161. The van der Waals surface area contributed by atoms with E-state index in [1.807, 2.05) is 30.3 Å². The van der Waals surface area contributed by atoms with Crippen LogP contribution in [0.5, 0.6) is 5.75 Å². The van der Waals surface area contributed by atoms with E-state index >= 15 is 0 Å². The number of fused-ring (bicyclic) bond motifs is 1. The lowest BCUT2D eigenvalue weighted by Gasteiger charge is -2.12. The molecule has 3 aromatic rings. The zero-order chi connectivity index (χ0) is 23.9. The highest BCUT2D eigenvalue weighted by Crippen LogP contribution is 2.40. The number of amides is 1. The van der Waals surface area contributed by atoms with Gasteiger partial charge in [-0.05, 0) is 68.5 Å². The van der Waals surface area contributed by atoms with Crippen molar-refractivity contribution >= 4 is 51.7 Å². The molecule has 0 fully saturated rings. The van der Waals surface area contributed by atoms with Gasteiger partial charge in [-0.1, -0.05) is 29.8 Å². The summed E-state index contributed by atoms with van der Waals surface area (Å²) in [6.45, 7) is 1.81. The predicted molar refractivity (Wildman–Crippen MR) is 136 cm³/mol. The largest absolute Gasteiger partial charge is 0.481 e. The van der Waals surface area contributed by atoms with Gasteiger partial charge in [0, 0.05) is 27.4 Å². The fourth-order valence-electron chi connectivity index (χ4n) is 3.81. The van der Waals surface area contributed by atoms with E-state index in [2.05, 4.69) is 10.3 Å². The van der Waals surface area contributed by atoms with E-state index in [0.717, 1.165) is 36.9 Å². The number of nitrogens with zero attached hydrogens (tertiary/aromatic N) is 1. The fraction of sp³-hybridized carbons (Fsp3) is 0.269. The number of aryl methyl sites for hydroxylation is 1. The molecular weight excluding hydrogens is 472 g/mol. The third kappa shape index (κ3) is 5.85. The summed E-state index contributed by atoms with van der Waals surface area (Å²) in [4.78, 5) is 30.9. The second-order valence-corrected chi connectivity index (χ2v) is 9.27. The van der Waals surface area contributed by atoms with Crippen molar-refractivity contribution in [3.63, 3.8) is 0 Å². The Balaban J connectivity index is 1.63. The number of esters is 1. The maximum atomic E-state index is 13.3. The Morgan fingerprint density at radius 3 is 2.74 bits per heavy atom. The van der Waals surface area contributed by atoms with Gasteiger partial charge in [-0.15, -0.1) is 11.3 Å². The van der Waals surface area contributed by atoms with Crippen molar-refractivity contribution in [2.45, 2.75) is 32.6 Å². The molecule has 0 radical (unpaired) electrons. The Labute approximate surface area is 207 Å². The average molecular weight is 497 g/mol. The van der Waals surface area contributed by atoms with Gasteiger partial charge < -0.3 is 14.8 Å². The van der Waals surface area contributed by atoms with Gasteiger partial charge in [0.1, 0.15) is 10.8 Å². The Kier molecular flexibility index (Phi) is 7.98. The molecule has 1 amide bonds. The molecule has 1 aromatic heterocycles. The van der Waals surface area contributed by atoms with Crippen molar-refractivity contribution in [3.05, 3.63) is 75.1 Å². The number of hydrogen-bond donors (Lipinski definition) is 1. The average Bonchev–Trinajstić information content (AvgIpc) is 3.21. The van der Waals surface area contributed by atoms with Gasteiger partial charge >= 0.3 is 5.97 Å². The molecule has 4 rings (SSSR count). The minimum atomic E-state index is -0.453. The molecule has 0 saturated heterocycles. The van der Waals surface area contributed by atoms with Crippen LogP contribution >= 0.6 is 22.9 Å². The molecule has 0 aliphatic heterocycles. The van der Waals surface area contributed by atoms with Crippen LogP contribution in [0.1, 0.15) is 46.1 Å². The molecule has 8 heteroatoms. The number of para-hydroxylation sites is 1. The predicted octanol–water partition coefficient (Wildman–Crippen LogP) is 6.23. The minimum absolute atomic E-state index is 0.164. The molecule has 2 aromatic carbocycles. The van der Waals surface area contributed by atoms with Gasteiger partial charge in [0.2, 0.25) is 0 Å². The first-order valence-electron chi connectivity index (χ1n) is 11.2. The van der Waals surface area contributed by atoms with Crippen molar-refractivity contribution in [2.24, 2.45) is 4.99 Å². The maximum absolute atomic E-state index is 13.3. The number of ether oxygens (including phenoxy) is 2. The number of rotatable bonds is 8. The summed E-state index contributed by atoms with van der Waals surface area (Å²) in [5.41, 5.74) is 3.05. The van der Waals surface area contributed by atoms with Gasteiger partial charge in [0.05, 0.1) is 12.2 Å². The Hall–Kier alpha value is -3.16. The van der Waals surface area contributed by atoms with Crippen LogP contribution in [0.3, 0.4) is 0 Å². The standard InChI is InChI=1S/C26H25ClN2O4S/c1-2-32-23(30)16-33-21-13-12-18(27)14-17(21)15-28-26-24(20-10-6-7-11-22(20)34-26)25(31)29-19-8-4-3-5-9-19/h3-5,8-9,12-15H,2,6-7,10-11,16H2,1H3,(H,29,31). The van der Waals surface area contributed by atoms with Crippen molar-refractivity contribution in [1.29, 1.82) is 0 Å². The molecule has 1 heterocycles. The molecule has 1 N–H and O–H groups in total. The minimum Gasteiger partial charge on any atom is -0.481 e. The molecule has 0 unspecified atom stereocenters. The zero-order valence-corrected chi connectivity index (χ0v) is 20.4. The number of carbonyl (C=O) groups is 2. The lowest BCUT2D eigenvalue weighted by atomic mass is 9.95. The van der Waals surface area contributed by atoms with Gasteiger partial charge in [-0.25, -0.2) is 9.79 Å². The number of thiophene rings is 1.